The molecule has 0 spiro atoms. The fourth-order valence-corrected chi connectivity index (χ4v) is 1.02. The van der Waals surface area contributed by atoms with Gasteiger partial charge in [0, 0.05) is 6.38 Å². The average Bonchev–Trinajstić information content (AvgIpc) is 2.18. The lowest BCUT2D eigenvalue weighted by molar-refractivity contribution is 1.35. The summed E-state index contributed by atoms with van der Waals surface area (Å²) in [5, 5.41) is 0.0694. The lowest BCUT2D eigenvalue weighted by Gasteiger charge is -1.92. The van der Waals surface area contributed by atoms with Crippen molar-refractivity contribution < 1.29 is 0 Å². The summed E-state index contributed by atoms with van der Waals surface area (Å²) in [6.07, 6.45) is 11.4. The van der Waals surface area contributed by atoms with E-state index in [4.69, 9.17) is 11.6 Å². The Morgan fingerprint density at radius 2 is 1.91 bits per heavy atom. The second-order valence-electron chi connectivity index (χ2n) is 2.10. The van der Waals surface area contributed by atoms with E-state index in [2.05, 4.69) is 11.6 Å². The summed E-state index contributed by atoms with van der Waals surface area (Å²) >= 11 is 10.5. The smallest absolute Gasteiger partial charge is 0.0705 e. The molecule has 0 aliphatic heterocycles. The van der Waals surface area contributed by atoms with Crippen molar-refractivity contribution in [1.82, 2.24) is 0 Å². The Morgan fingerprint density at radius 3 is 2.55 bits per heavy atom. The first-order valence-corrected chi connectivity index (χ1v) is 4.53. The summed E-state index contributed by atoms with van der Waals surface area (Å²) in [6.45, 7) is 2.04. The largest absolute Gasteiger partial charge is 0.130 e. The van der Waals surface area contributed by atoms with E-state index in [1.807, 2.05) is 37.3 Å². The normalized spacial score (nSPS) is 21.5. The maximum absolute atomic E-state index is 5.81. The highest BCUT2D eigenvalue weighted by Crippen LogP contribution is 2.08. The van der Waals surface area contributed by atoms with Gasteiger partial charge in [-0.1, -0.05) is 36.0 Å². The molecule has 0 amide bonds. The third-order valence-corrected chi connectivity index (χ3v) is 1.46. The van der Waals surface area contributed by atoms with Crippen LogP contribution in [0.5, 0.6) is 0 Å². The van der Waals surface area contributed by atoms with Gasteiger partial charge in [-0.15, -0.1) is 23.2 Å². The minimum absolute atomic E-state index is 0.0694. The van der Waals surface area contributed by atoms with E-state index in [1.54, 1.807) is 0 Å². The molecule has 0 nitrogen and oxygen atoms in total. The molecule has 0 radical (unpaired) electrons. The predicted octanol–water partition coefficient (Wildman–Crippen LogP) is 3.52. The van der Waals surface area contributed by atoms with E-state index < -0.39 is 0 Å². The quantitative estimate of drug-likeness (QED) is 0.514. The number of rotatable bonds is 0. The lowest BCUT2D eigenvalue weighted by Crippen LogP contribution is -1.84. The van der Waals surface area contributed by atoms with Crippen LogP contribution in [0, 0.1) is 0 Å². The van der Waals surface area contributed by atoms with Crippen molar-refractivity contribution in [1.29, 1.82) is 0 Å². The zero-order chi connectivity index (χ0) is 8.69. The van der Waals surface area contributed by atoms with E-state index in [-0.39, 0.29) is 5.38 Å². The van der Waals surface area contributed by atoms with Crippen LogP contribution in [-0.2, 0) is 0 Å². The molecule has 0 aromatic rings. The molecular weight excluding hydrogens is 179 g/mol. The molecule has 62 valence electrons. The molecule has 1 atom stereocenters. The molecule has 0 saturated heterocycles. The summed E-state index contributed by atoms with van der Waals surface area (Å²) in [5.74, 6) is 0. The first-order valence-electron chi connectivity index (χ1n) is 3.34. The lowest BCUT2D eigenvalue weighted by atomic mass is 10.2. The zero-order valence-corrected chi connectivity index (χ0v) is 8.23. The van der Waals surface area contributed by atoms with Crippen molar-refractivity contribution >= 4 is 23.2 Å². The molecule has 0 N–H and O–H groups in total. The summed E-state index contributed by atoms with van der Waals surface area (Å²) in [6, 6.07) is 0. The maximum atomic E-state index is 5.81. The second-order valence-corrected chi connectivity index (χ2v) is 2.60. The number of alkyl halides is 2. The van der Waals surface area contributed by atoms with Crippen LogP contribution in [-0.4, -0.2) is 11.8 Å². The van der Waals surface area contributed by atoms with Gasteiger partial charge in [0.25, 0.3) is 0 Å². The van der Waals surface area contributed by atoms with Gasteiger partial charge >= 0.3 is 0 Å². The molecule has 1 unspecified atom stereocenters. The molecule has 2 heteroatoms. The molecule has 0 heterocycles. The molecule has 0 fully saturated rings. The van der Waals surface area contributed by atoms with Crippen molar-refractivity contribution in [3.8, 4) is 0 Å². The predicted molar refractivity (Wildman–Crippen MR) is 53.5 cm³/mol. The van der Waals surface area contributed by atoms with Crippen molar-refractivity contribution in [2.75, 3.05) is 6.38 Å². The van der Waals surface area contributed by atoms with Crippen molar-refractivity contribution in [3.05, 3.63) is 36.0 Å². The Labute approximate surface area is 78.2 Å². The van der Waals surface area contributed by atoms with Gasteiger partial charge in [0.1, 0.15) is 0 Å². The summed E-state index contributed by atoms with van der Waals surface area (Å²) in [7, 11) is 0. The first-order chi connectivity index (χ1) is 5.29. The molecule has 1 aliphatic rings. The van der Waals surface area contributed by atoms with Crippen molar-refractivity contribution in [3.63, 3.8) is 0 Å². The topological polar surface area (TPSA) is 0 Å². The number of halogens is 2. The fraction of sp³-hybridized carbons (Fsp3) is 0.333. The van der Waals surface area contributed by atoms with Gasteiger partial charge in [0.05, 0.1) is 5.38 Å². The molecule has 0 aromatic carbocycles. The molecule has 0 saturated carbocycles. The number of hydrogen-bond acceptors (Lipinski definition) is 0. The highest BCUT2D eigenvalue weighted by atomic mass is 35.5. The Bertz CT molecular complexity index is 178. The first kappa shape index (κ1) is 10.8. The number of allylic oxidation sites excluding steroid dienone is 6. The van der Waals surface area contributed by atoms with Gasteiger partial charge in [-0.2, -0.15) is 0 Å². The van der Waals surface area contributed by atoms with Crippen LogP contribution >= 0.6 is 23.2 Å². The van der Waals surface area contributed by atoms with Crippen molar-refractivity contribution in [2.45, 2.75) is 12.3 Å². The van der Waals surface area contributed by atoms with Crippen LogP contribution in [0.2, 0.25) is 0 Å². The van der Waals surface area contributed by atoms with Gasteiger partial charge in [0.2, 0.25) is 0 Å². The summed E-state index contributed by atoms with van der Waals surface area (Å²) < 4.78 is 0. The van der Waals surface area contributed by atoms with Crippen LogP contribution in [0.25, 0.3) is 0 Å². The monoisotopic (exact) mass is 190 g/mol. The zero-order valence-electron chi connectivity index (χ0n) is 6.72. The molecule has 0 aromatic heterocycles. The van der Waals surface area contributed by atoms with Crippen LogP contribution in [0.15, 0.2) is 36.0 Å². The molecule has 11 heavy (non-hydrogen) atoms. The van der Waals surface area contributed by atoms with Crippen LogP contribution in [0.4, 0.5) is 0 Å². The van der Waals surface area contributed by atoms with E-state index in [0.717, 1.165) is 0 Å². The van der Waals surface area contributed by atoms with Crippen LogP contribution < -0.4 is 0 Å². The van der Waals surface area contributed by atoms with E-state index in [0.29, 0.717) is 0 Å². The Kier molecular flexibility index (Phi) is 6.39. The molecule has 1 aliphatic carbocycles. The molecule has 0 bridgehead atoms. The molecular formula is C9H12Cl2. The van der Waals surface area contributed by atoms with Gasteiger partial charge in [-0.25, -0.2) is 0 Å². The SMILES string of the molecule is CC1=CC(Cl)C=CC=C1.CCl. The van der Waals surface area contributed by atoms with Gasteiger partial charge < -0.3 is 0 Å². The van der Waals surface area contributed by atoms with Crippen LogP contribution in [0.3, 0.4) is 0 Å². The summed E-state index contributed by atoms with van der Waals surface area (Å²) in [5.41, 5.74) is 1.22. The second kappa shape index (κ2) is 6.51. The Balaban J connectivity index is 0.000000461. The highest BCUT2D eigenvalue weighted by Gasteiger charge is 1.94. The Morgan fingerprint density at radius 1 is 1.27 bits per heavy atom. The summed E-state index contributed by atoms with van der Waals surface area (Å²) in [4.78, 5) is 0. The average molecular weight is 191 g/mol. The third kappa shape index (κ3) is 5.11. The van der Waals surface area contributed by atoms with Gasteiger partial charge in [-0.3, -0.25) is 0 Å². The van der Waals surface area contributed by atoms with E-state index in [9.17, 15) is 0 Å². The minimum atomic E-state index is 0.0694. The third-order valence-electron chi connectivity index (χ3n) is 1.19. The Hall–Kier alpha value is -0.200. The fourth-order valence-electron chi connectivity index (χ4n) is 0.740. The van der Waals surface area contributed by atoms with E-state index >= 15 is 0 Å². The number of hydrogen-bond donors (Lipinski definition) is 0. The molecule has 1 rings (SSSR count). The standard InChI is InChI=1S/C8H9Cl.CH3Cl/c1-7-4-2-3-5-8(9)6-7;1-2/h2-6,8H,1H3;1H3. The van der Waals surface area contributed by atoms with Gasteiger partial charge in [-0.05, 0) is 6.92 Å². The van der Waals surface area contributed by atoms with E-state index in [1.165, 1.54) is 12.0 Å². The van der Waals surface area contributed by atoms with Gasteiger partial charge in [0.15, 0.2) is 0 Å². The van der Waals surface area contributed by atoms with Crippen molar-refractivity contribution in [2.24, 2.45) is 0 Å². The minimum Gasteiger partial charge on any atom is -0.130 e. The highest BCUT2D eigenvalue weighted by molar-refractivity contribution is 6.23. The van der Waals surface area contributed by atoms with Crippen LogP contribution in [0.1, 0.15) is 6.92 Å². The maximum Gasteiger partial charge on any atom is 0.0705 e.